The van der Waals surface area contributed by atoms with Crippen LogP contribution in [0.4, 0.5) is 4.79 Å². The number of nitrogens with one attached hydrogen (secondary N) is 1. The molecular weight excluding hydrogens is 447 g/mol. The van der Waals surface area contributed by atoms with Gasteiger partial charge in [0.25, 0.3) is 0 Å². The predicted molar refractivity (Wildman–Crippen MR) is 116 cm³/mol. The van der Waals surface area contributed by atoms with Crippen molar-refractivity contribution < 1.29 is 58.8 Å². The number of carboxylic acid groups (broad SMARTS) is 1. The van der Waals surface area contributed by atoms with Gasteiger partial charge in [-0.25, -0.2) is 18.0 Å². The Morgan fingerprint density at radius 2 is 1.97 bits per heavy atom. The summed E-state index contributed by atoms with van der Waals surface area (Å²) < 4.78 is 32.6. The Morgan fingerprint density at radius 1 is 1.31 bits per heavy atom. The first kappa shape index (κ1) is 26.4. The summed E-state index contributed by atoms with van der Waals surface area (Å²) in [5.41, 5.74) is -0.558. The number of pyridine rings is 1. The van der Waals surface area contributed by atoms with Gasteiger partial charge in [0.2, 0.25) is 5.43 Å². The Labute approximate surface area is 209 Å². The number of nitrogens with zero attached hydrogens (tertiary/aromatic N) is 1. The van der Waals surface area contributed by atoms with Crippen LogP contribution in [-0.4, -0.2) is 48.1 Å². The molecule has 2 aromatic rings. The number of ether oxygens (including phenoxy) is 1. The van der Waals surface area contributed by atoms with Crippen LogP contribution in [0.1, 0.15) is 57.5 Å². The molecule has 11 heteroatoms. The molecule has 0 saturated heterocycles. The maximum Gasteiger partial charge on any atom is 1.00 e. The molecule has 1 atom stereocenters. The first-order valence-electron chi connectivity index (χ1n) is 9.95. The Balaban J connectivity index is 0.00000272. The van der Waals surface area contributed by atoms with Crippen molar-refractivity contribution in [2.24, 2.45) is 0 Å². The van der Waals surface area contributed by atoms with Crippen LogP contribution in [0.2, 0.25) is 0 Å². The number of aromatic carboxylic acids is 1. The molecule has 1 aromatic heterocycles. The molecule has 1 amide bonds. The van der Waals surface area contributed by atoms with Crippen LogP contribution in [0.25, 0.3) is 10.9 Å². The fraction of sp³-hybridized carbons (Fsp3) is 0.476. The van der Waals surface area contributed by atoms with E-state index in [4.69, 9.17) is 4.74 Å². The number of hydrogen-bond donors (Lipinski definition) is 2. The van der Waals surface area contributed by atoms with Crippen molar-refractivity contribution in [3.8, 4) is 0 Å². The number of aromatic nitrogens is 1. The second-order valence-corrected chi connectivity index (χ2v) is 10.8. The van der Waals surface area contributed by atoms with Gasteiger partial charge in [-0.3, -0.25) is 4.79 Å². The first-order chi connectivity index (χ1) is 14.3. The van der Waals surface area contributed by atoms with Crippen molar-refractivity contribution >= 4 is 32.8 Å². The van der Waals surface area contributed by atoms with Crippen LogP contribution in [0.15, 0.2) is 28.0 Å². The van der Waals surface area contributed by atoms with E-state index in [2.05, 4.69) is 5.32 Å². The average Bonchev–Trinajstić information content (AvgIpc) is 2.63. The third-order valence-electron chi connectivity index (χ3n) is 5.11. The van der Waals surface area contributed by atoms with Crippen LogP contribution in [0.5, 0.6) is 0 Å². The molecule has 2 N–H and O–H groups in total. The molecule has 0 bridgehead atoms. The van der Waals surface area contributed by atoms with E-state index in [-0.39, 0.29) is 59.6 Å². The fourth-order valence-electron chi connectivity index (χ4n) is 3.64. The molecule has 1 aliphatic rings. The number of carbonyl (C=O) groups is 2. The molecule has 0 saturated carbocycles. The van der Waals surface area contributed by atoms with Gasteiger partial charge in [0.1, 0.15) is 11.2 Å². The van der Waals surface area contributed by atoms with Gasteiger partial charge in [-0.15, -0.1) is 0 Å². The Bertz CT molecular complexity index is 1240. The number of hydrogen-bond acceptors (Lipinski definition) is 6. The molecule has 3 rings (SSSR count). The Morgan fingerprint density at radius 3 is 2.56 bits per heavy atom. The second kappa shape index (κ2) is 9.54. The quantitative estimate of drug-likeness (QED) is 0.565. The third-order valence-corrected chi connectivity index (χ3v) is 6.81. The van der Waals surface area contributed by atoms with Crippen molar-refractivity contribution in [2.45, 2.75) is 57.1 Å². The number of amides is 1. The normalized spacial score (nSPS) is 15.7. The third kappa shape index (κ3) is 5.54. The van der Waals surface area contributed by atoms with E-state index >= 15 is 0 Å². The molecule has 2 heterocycles. The van der Waals surface area contributed by atoms with Gasteiger partial charge in [-0.05, 0) is 58.2 Å². The summed E-state index contributed by atoms with van der Waals surface area (Å²) >= 11 is 0. The Kier molecular flexibility index (Phi) is 7.87. The molecule has 9 nitrogen and oxygen atoms in total. The van der Waals surface area contributed by atoms with E-state index in [0.717, 1.165) is 0 Å². The minimum Gasteiger partial charge on any atom is -1.00 e. The predicted octanol–water partition coefficient (Wildman–Crippen LogP) is -0.378. The zero-order valence-electron chi connectivity index (χ0n) is 19.9. The van der Waals surface area contributed by atoms with Crippen LogP contribution in [-0.2, 0) is 21.0 Å². The number of sulfone groups is 1. The van der Waals surface area contributed by atoms with E-state index in [9.17, 15) is 27.9 Å². The van der Waals surface area contributed by atoms with E-state index in [1.807, 2.05) is 6.92 Å². The minimum absolute atomic E-state index is 0. The average molecular weight is 475 g/mol. The standard InChI is InChI=1S/C21H26N2O7S.Na.H/c1-12-5-6-13-9-14(31(28,29)8-7-22-20(27)30-21(2,3)4)10-15-17(13)23(12)11-16(18(15)24)19(25)26;;/h9-12H,5-8H2,1-4H3,(H,22,27)(H,25,26);;/q;+1;-1. The summed E-state index contributed by atoms with van der Waals surface area (Å²) in [6.07, 6.45) is 1.87. The van der Waals surface area contributed by atoms with E-state index in [1.165, 1.54) is 18.3 Å². The summed E-state index contributed by atoms with van der Waals surface area (Å²) in [5, 5.41) is 11.9. The summed E-state index contributed by atoms with van der Waals surface area (Å²) in [5.74, 6) is -1.75. The van der Waals surface area contributed by atoms with Crippen molar-refractivity contribution in [1.82, 2.24) is 9.88 Å². The summed E-state index contributed by atoms with van der Waals surface area (Å²) in [7, 11) is -3.84. The number of aryl methyl sites for hydroxylation is 1. The van der Waals surface area contributed by atoms with Gasteiger partial charge in [-0.1, -0.05) is 0 Å². The van der Waals surface area contributed by atoms with Crippen molar-refractivity contribution in [3.05, 3.63) is 39.7 Å². The number of carbonyl (C=O) groups excluding carboxylic acids is 1. The first-order valence-corrected chi connectivity index (χ1v) is 11.6. The van der Waals surface area contributed by atoms with Crippen LogP contribution < -0.4 is 40.3 Å². The van der Waals surface area contributed by atoms with Gasteiger partial charge in [0, 0.05) is 24.2 Å². The van der Waals surface area contributed by atoms with Gasteiger partial charge < -0.3 is 21.2 Å². The topological polar surface area (TPSA) is 132 Å². The number of benzene rings is 1. The number of alkyl carbamates (subject to hydrolysis) is 1. The van der Waals surface area contributed by atoms with Gasteiger partial charge in [-0.2, -0.15) is 0 Å². The van der Waals surface area contributed by atoms with Crippen molar-refractivity contribution in [2.75, 3.05) is 12.3 Å². The van der Waals surface area contributed by atoms with Crippen LogP contribution >= 0.6 is 0 Å². The summed E-state index contributed by atoms with van der Waals surface area (Å²) in [6, 6.07) is 2.76. The molecule has 0 radical (unpaired) electrons. The molecular formula is C21H27N2NaO7S. The van der Waals surface area contributed by atoms with Gasteiger partial charge in [0.15, 0.2) is 9.84 Å². The van der Waals surface area contributed by atoms with Crippen molar-refractivity contribution in [3.63, 3.8) is 0 Å². The maximum absolute atomic E-state index is 12.9. The number of carboxylic acids is 1. The molecule has 1 aromatic carbocycles. The summed E-state index contributed by atoms with van der Waals surface area (Å²) in [4.78, 5) is 36.0. The van der Waals surface area contributed by atoms with Crippen LogP contribution in [0, 0.1) is 0 Å². The zero-order chi connectivity index (χ0) is 23.1. The van der Waals surface area contributed by atoms with Gasteiger partial charge >= 0.3 is 41.6 Å². The monoisotopic (exact) mass is 474 g/mol. The van der Waals surface area contributed by atoms with Crippen molar-refractivity contribution in [1.29, 1.82) is 0 Å². The van der Waals surface area contributed by atoms with Gasteiger partial charge in [0.05, 0.1) is 16.2 Å². The molecule has 32 heavy (non-hydrogen) atoms. The van der Waals surface area contributed by atoms with E-state index in [0.29, 0.717) is 23.9 Å². The largest absolute Gasteiger partial charge is 1.00 e. The SMILES string of the molecule is CC1CCc2cc(S(=O)(=O)CCNC(=O)OC(C)(C)C)cc3c(=O)c(C(=O)O)cn1c23.[H-].[Na+]. The minimum atomic E-state index is -3.84. The maximum atomic E-state index is 12.9. The fourth-order valence-corrected chi connectivity index (χ4v) is 4.87. The molecule has 1 unspecified atom stereocenters. The number of rotatable bonds is 5. The van der Waals surface area contributed by atoms with Crippen LogP contribution in [0.3, 0.4) is 0 Å². The molecule has 170 valence electrons. The van der Waals surface area contributed by atoms with E-state index < -0.39 is 38.5 Å². The summed E-state index contributed by atoms with van der Waals surface area (Å²) in [6.45, 7) is 6.85. The molecule has 0 spiro atoms. The molecule has 1 aliphatic heterocycles. The zero-order valence-corrected chi connectivity index (χ0v) is 21.7. The second-order valence-electron chi connectivity index (χ2n) is 8.70. The smallest absolute Gasteiger partial charge is 1.00 e. The molecule has 0 fully saturated rings. The molecule has 0 aliphatic carbocycles. The van der Waals surface area contributed by atoms with E-state index in [1.54, 1.807) is 25.3 Å². The Hall–Kier alpha value is -1.88.